The number of fused-ring (bicyclic) bond motifs is 3. The molecule has 0 spiro atoms. The minimum atomic E-state index is -3.05. The third kappa shape index (κ3) is 5.38. The number of para-hydroxylation sites is 2. The van der Waals surface area contributed by atoms with E-state index < -0.39 is 7.14 Å². The maximum Gasteiger partial charge on any atom is 0.171 e. The molecule has 0 saturated heterocycles. The topological polar surface area (TPSA) is 47.8 Å². The summed E-state index contributed by atoms with van der Waals surface area (Å²) < 4.78 is 17.1. The fourth-order valence-electron chi connectivity index (χ4n) is 6.99. The van der Waals surface area contributed by atoms with Gasteiger partial charge in [0.15, 0.2) is 7.14 Å². The maximum absolute atomic E-state index is 14.9. The first-order valence-electron chi connectivity index (χ1n) is 17.0. The van der Waals surface area contributed by atoms with E-state index in [-0.39, 0.29) is 0 Å². The van der Waals surface area contributed by atoms with Crippen LogP contribution in [0.15, 0.2) is 194 Å². The van der Waals surface area contributed by atoms with E-state index >= 15 is 0 Å². The molecule has 7 aromatic carbocycles. The molecule has 51 heavy (non-hydrogen) atoms. The summed E-state index contributed by atoms with van der Waals surface area (Å²) >= 11 is 0. The first-order chi connectivity index (χ1) is 25.2. The van der Waals surface area contributed by atoms with Crippen LogP contribution < -0.4 is 15.9 Å². The Morgan fingerprint density at radius 3 is 1.49 bits per heavy atom. The van der Waals surface area contributed by atoms with Crippen LogP contribution in [0.25, 0.3) is 61.4 Å². The van der Waals surface area contributed by atoms with Crippen LogP contribution in [0.1, 0.15) is 0 Å². The molecule has 0 amide bonds. The third-order valence-corrected chi connectivity index (χ3v) is 12.6. The normalized spacial score (nSPS) is 11.6. The van der Waals surface area contributed by atoms with E-state index in [4.69, 9.17) is 9.97 Å². The third-order valence-electron chi connectivity index (χ3n) is 9.50. The number of nitrogens with zero attached hydrogens (tertiary/aromatic N) is 3. The average Bonchev–Trinajstić information content (AvgIpc) is 3.63. The van der Waals surface area contributed by atoms with E-state index in [1.807, 2.05) is 97.1 Å². The van der Waals surface area contributed by atoms with Crippen molar-refractivity contribution in [2.45, 2.75) is 0 Å². The Bertz CT molecular complexity index is 2630. The molecule has 0 bridgehead atoms. The van der Waals surface area contributed by atoms with Crippen LogP contribution >= 0.6 is 7.14 Å². The summed E-state index contributed by atoms with van der Waals surface area (Å²) in [6, 6.07) is 65.3. The lowest BCUT2D eigenvalue weighted by atomic mass is 10.0. The fourth-order valence-corrected chi connectivity index (χ4v) is 9.64. The molecule has 0 N–H and O–H groups in total. The van der Waals surface area contributed by atoms with Gasteiger partial charge in [-0.25, -0.2) is 9.97 Å². The minimum absolute atomic E-state index is 0.812. The molecule has 4 nitrogen and oxygen atoms in total. The summed E-state index contributed by atoms with van der Waals surface area (Å²) in [4.78, 5) is 10.6. The molecule has 0 saturated carbocycles. The quantitative estimate of drug-likeness (QED) is 0.158. The molecule has 0 fully saturated rings. The number of hydrogen-bond acceptors (Lipinski definition) is 3. The minimum Gasteiger partial charge on any atom is -0.309 e. The van der Waals surface area contributed by atoms with E-state index in [1.54, 1.807) is 0 Å². The van der Waals surface area contributed by atoms with E-state index in [2.05, 4.69) is 102 Å². The second-order valence-electron chi connectivity index (χ2n) is 12.6. The van der Waals surface area contributed by atoms with Crippen LogP contribution in [-0.2, 0) is 4.57 Å². The number of hydrogen-bond donors (Lipinski definition) is 0. The molecular formula is C46H32N3OP. The lowest BCUT2D eigenvalue weighted by Crippen LogP contribution is -2.24. The molecule has 0 atom stereocenters. The summed E-state index contributed by atoms with van der Waals surface area (Å²) in [5.41, 5.74) is 8.88. The van der Waals surface area contributed by atoms with Crippen molar-refractivity contribution in [3.63, 3.8) is 0 Å². The van der Waals surface area contributed by atoms with Crippen LogP contribution in [-0.4, -0.2) is 14.5 Å². The molecule has 0 aliphatic rings. The smallest absolute Gasteiger partial charge is 0.171 e. The van der Waals surface area contributed by atoms with Crippen molar-refractivity contribution in [2.24, 2.45) is 0 Å². The number of benzene rings is 7. The average molecular weight is 674 g/mol. The number of rotatable bonds is 7. The van der Waals surface area contributed by atoms with Crippen LogP contribution in [0.4, 0.5) is 0 Å². The van der Waals surface area contributed by atoms with Gasteiger partial charge < -0.3 is 4.57 Å². The van der Waals surface area contributed by atoms with Gasteiger partial charge in [0.1, 0.15) is 16.9 Å². The Labute approximate surface area is 296 Å². The maximum atomic E-state index is 14.9. The predicted molar refractivity (Wildman–Crippen MR) is 212 cm³/mol. The molecule has 2 aromatic heterocycles. The van der Waals surface area contributed by atoms with Gasteiger partial charge in [-0.1, -0.05) is 176 Å². The molecule has 0 radical (unpaired) electrons. The molecule has 0 aliphatic heterocycles. The Morgan fingerprint density at radius 1 is 0.412 bits per heavy atom. The van der Waals surface area contributed by atoms with Crippen molar-refractivity contribution in [1.82, 2.24) is 14.5 Å². The van der Waals surface area contributed by atoms with Gasteiger partial charge in [-0.05, 0) is 29.3 Å². The summed E-state index contributed by atoms with van der Waals surface area (Å²) in [7, 11) is -3.05. The summed E-state index contributed by atoms with van der Waals surface area (Å²) in [6.45, 7) is 0. The Hall–Kier alpha value is -6.35. The van der Waals surface area contributed by atoms with Crippen LogP contribution in [0.3, 0.4) is 0 Å². The zero-order valence-corrected chi connectivity index (χ0v) is 28.6. The van der Waals surface area contributed by atoms with Crippen molar-refractivity contribution in [2.75, 3.05) is 0 Å². The zero-order valence-electron chi connectivity index (χ0n) is 27.7. The number of aromatic nitrogens is 3. The van der Waals surface area contributed by atoms with Crippen molar-refractivity contribution < 1.29 is 4.57 Å². The predicted octanol–water partition coefficient (Wildman–Crippen LogP) is 10.2. The van der Waals surface area contributed by atoms with E-state index in [0.29, 0.717) is 0 Å². The second kappa shape index (κ2) is 12.8. The van der Waals surface area contributed by atoms with Gasteiger partial charge in [-0.15, -0.1) is 0 Å². The molecule has 242 valence electrons. The second-order valence-corrected chi connectivity index (χ2v) is 15.3. The summed E-state index contributed by atoms with van der Waals surface area (Å²) in [5.74, 6) is 0.847. The Morgan fingerprint density at radius 2 is 0.882 bits per heavy atom. The van der Waals surface area contributed by atoms with Crippen molar-refractivity contribution in [3.8, 4) is 39.5 Å². The first-order valence-corrected chi connectivity index (χ1v) is 18.7. The van der Waals surface area contributed by atoms with Gasteiger partial charge in [-0.3, -0.25) is 4.57 Å². The lowest BCUT2D eigenvalue weighted by molar-refractivity contribution is 0.592. The van der Waals surface area contributed by atoms with Gasteiger partial charge in [0.25, 0.3) is 0 Å². The molecule has 9 rings (SSSR count). The highest BCUT2D eigenvalue weighted by molar-refractivity contribution is 7.85. The van der Waals surface area contributed by atoms with Gasteiger partial charge in [0.2, 0.25) is 0 Å². The zero-order chi connectivity index (χ0) is 34.2. The van der Waals surface area contributed by atoms with Crippen LogP contribution in [0.5, 0.6) is 0 Å². The Kier molecular flexibility index (Phi) is 7.72. The molecule has 9 aromatic rings. The molecule has 2 heterocycles. The highest BCUT2D eigenvalue weighted by atomic mass is 31.2. The summed E-state index contributed by atoms with van der Waals surface area (Å²) in [5, 5.41) is 3.48. The van der Waals surface area contributed by atoms with Crippen LogP contribution in [0.2, 0.25) is 0 Å². The SMILES string of the molecule is O=P(c1ccccc1)(c1ccccc1)c1ccc(-c2ccc(-c3nc4c5ccccc5nc(-c5ccccc5)c4n3-c3ccccc3)cc2)cc1. The highest BCUT2D eigenvalue weighted by Gasteiger charge is 2.29. The lowest BCUT2D eigenvalue weighted by Gasteiger charge is -2.20. The van der Waals surface area contributed by atoms with E-state index in [1.165, 1.54) is 0 Å². The number of pyridine rings is 1. The standard InChI is InChI=1S/C46H32N3OP/c50-51(38-19-9-3-10-20-38,39-21-11-4-12-22-39)40-31-29-34(30-32-40)33-25-27-36(28-26-33)46-48-44-41-23-13-14-24-42(41)47-43(35-15-5-1-6-16-35)45(44)49(46)37-17-7-2-8-18-37/h1-32H. The first kappa shape index (κ1) is 30.7. The largest absolute Gasteiger partial charge is 0.309 e. The van der Waals surface area contributed by atoms with Gasteiger partial charge in [0, 0.05) is 38.1 Å². The molecular weight excluding hydrogens is 642 g/mol. The van der Waals surface area contributed by atoms with E-state index in [0.717, 1.165) is 77.3 Å². The fraction of sp³-hybridized carbons (Fsp3) is 0. The van der Waals surface area contributed by atoms with Crippen LogP contribution in [0, 0.1) is 0 Å². The van der Waals surface area contributed by atoms with Crippen molar-refractivity contribution in [1.29, 1.82) is 0 Å². The van der Waals surface area contributed by atoms with Crippen molar-refractivity contribution >= 4 is 45.0 Å². The van der Waals surface area contributed by atoms with Gasteiger partial charge >= 0.3 is 0 Å². The molecule has 0 unspecified atom stereocenters. The molecule has 0 aliphatic carbocycles. The molecule has 5 heteroatoms. The van der Waals surface area contributed by atoms with Gasteiger partial charge in [0.05, 0.1) is 11.2 Å². The highest BCUT2D eigenvalue weighted by Crippen LogP contribution is 2.43. The van der Waals surface area contributed by atoms with E-state index in [9.17, 15) is 4.57 Å². The number of imidazole rings is 1. The van der Waals surface area contributed by atoms with Crippen molar-refractivity contribution in [3.05, 3.63) is 194 Å². The Balaban J connectivity index is 1.16. The van der Waals surface area contributed by atoms with Gasteiger partial charge in [-0.2, -0.15) is 0 Å². The monoisotopic (exact) mass is 673 g/mol. The summed E-state index contributed by atoms with van der Waals surface area (Å²) in [6.07, 6.45) is 0.